The molecule has 5 heteroatoms. The van der Waals surface area contributed by atoms with Gasteiger partial charge in [0.1, 0.15) is 0 Å². The first-order chi connectivity index (χ1) is 7.91. The van der Waals surface area contributed by atoms with Gasteiger partial charge in [0.2, 0.25) is 0 Å². The number of hydrogen-bond donors (Lipinski definition) is 3. The fourth-order valence-corrected chi connectivity index (χ4v) is 1.31. The van der Waals surface area contributed by atoms with Gasteiger partial charge in [-0.2, -0.15) is 0 Å². The number of nitrogens with two attached hydrogens (primary N) is 1. The minimum absolute atomic E-state index is 0.321. The molecular weight excluding hydrogens is 220 g/mol. The molecule has 0 aliphatic heterocycles. The molecule has 4 N–H and O–H groups in total. The van der Waals surface area contributed by atoms with Gasteiger partial charge in [0.15, 0.2) is 0 Å². The Kier molecular flexibility index (Phi) is 4.09. The second-order valence-corrected chi connectivity index (χ2v) is 4.01. The molecule has 0 saturated heterocycles. The Morgan fingerprint density at radius 2 is 2.00 bits per heavy atom. The Labute approximate surface area is 99.6 Å². The van der Waals surface area contributed by atoms with Gasteiger partial charge < -0.3 is 16.2 Å². The molecular formula is C12H16N2O3. The summed E-state index contributed by atoms with van der Waals surface area (Å²) in [5.74, 6) is -1.90. The third-order valence-electron chi connectivity index (χ3n) is 2.65. The van der Waals surface area contributed by atoms with Crippen LogP contribution in [-0.4, -0.2) is 23.0 Å². The molecule has 0 radical (unpaired) electrons. The molecule has 0 aliphatic rings. The predicted octanol–water partition coefficient (Wildman–Crippen LogP) is 1.11. The Bertz CT molecular complexity index is 432. The number of carbonyl (C=O) groups is 2. The first-order valence-corrected chi connectivity index (χ1v) is 5.31. The van der Waals surface area contributed by atoms with Crippen molar-refractivity contribution in [1.29, 1.82) is 0 Å². The number of nitrogens with one attached hydrogen (secondary N) is 1. The SMILES string of the molecule is CC(NC(=O)c1cccc(N)c1)C(C)C(=O)O. The predicted molar refractivity (Wildman–Crippen MR) is 64.6 cm³/mol. The van der Waals surface area contributed by atoms with Gasteiger partial charge >= 0.3 is 5.97 Å². The summed E-state index contributed by atoms with van der Waals surface area (Å²) in [4.78, 5) is 22.5. The van der Waals surface area contributed by atoms with Crippen LogP contribution in [0.5, 0.6) is 0 Å². The highest BCUT2D eigenvalue weighted by atomic mass is 16.4. The van der Waals surface area contributed by atoms with Crippen molar-refractivity contribution in [3.8, 4) is 0 Å². The van der Waals surface area contributed by atoms with Crippen LogP contribution < -0.4 is 11.1 Å². The summed E-state index contributed by atoms with van der Waals surface area (Å²) in [6, 6.07) is 6.09. The van der Waals surface area contributed by atoms with Crippen LogP contribution in [0.15, 0.2) is 24.3 Å². The van der Waals surface area contributed by atoms with E-state index in [1.54, 1.807) is 38.1 Å². The van der Waals surface area contributed by atoms with E-state index in [0.29, 0.717) is 11.3 Å². The Morgan fingerprint density at radius 3 is 2.53 bits per heavy atom. The normalized spacial score (nSPS) is 13.8. The molecule has 0 aliphatic carbocycles. The number of benzene rings is 1. The molecule has 2 unspecified atom stereocenters. The highest BCUT2D eigenvalue weighted by molar-refractivity contribution is 5.95. The summed E-state index contributed by atoms with van der Waals surface area (Å²) in [7, 11) is 0. The van der Waals surface area contributed by atoms with Gasteiger partial charge in [-0.1, -0.05) is 6.07 Å². The van der Waals surface area contributed by atoms with Crippen molar-refractivity contribution in [2.75, 3.05) is 5.73 Å². The number of carbonyl (C=O) groups excluding carboxylic acids is 1. The van der Waals surface area contributed by atoms with Gasteiger partial charge in [0.05, 0.1) is 5.92 Å². The van der Waals surface area contributed by atoms with Crippen LogP contribution in [0.1, 0.15) is 24.2 Å². The molecule has 0 bridgehead atoms. The topological polar surface area (TPSA) is 92.4 Å². The van der Waals surface area contributed by atoms with Crippen LogP contribution in [0.4, 0.5) is 5.69 Å². The molecule has 2 atom stereocenters. The van der Waals surface area contributed by atoms with E-state index >= 15 is 0 Å². The van der Waals surface area contributed by atoms with Crippen molar-refractivity contribution in [3.63, 3.8) is 0 Å². The summed E-state index contributed by atoms with van der Waals surface area (Å²) in [5.41, 5.74) is 6.48. The third kappa shape index (κ3) is 3.48. The van der Waals surface area contributed by atoms with Crippen LogP contribution in [0.2, 0.25) is 0 Å². The number of anilines is 1. The molecule has 0 spiro atoms. The average molecular weight is 236 g/mol. The molecule has 5 nitrogen and oxygen atoms in total. The lowest BCUT2D eigenvalue weighted by atomic mass is 10.0. The van der Waals surface area contributed by atoms with Gasteiger partial charge in [-0.15, -0.1) is 0 Å². The first kappa shape index (κ1) is 13.0. The molecule has 0 aromatic heterocycles. The van der Waals surface area contributed by atoms with Crippen molar-refractivity contribution in [3.05, 3.63) is 29.8 Å². The average Bonchev–Trinajstić information content (AvgIpc) is 2.27. The number of amides is 1. The standard InChI is InChI=1S/C12H16N2O3/c1-7(12(16)17)8(2)14-11(15)9-4-3-5-10(13)6-9/h3-8H,13H2,1-2H3,(H,14,15)(H,16,17). The zero-order valence-corrected chi connectivity index (χ0v) is 9.81. The Balaban J connectivity index is 2.70. The second kappa shape index (κ2) is 5.34. The number of carboxylic acids is 1. The van der Waals surface area contributed by atoms with Gasteiger partial charge in [-0.25, -0.2) is 0 Å². The van der Waals surface area contributed by atoms with Crippen molar-refractivity contribution >= 4 is 17.6 Å². The lowest BCUT2D eigenvalue weighted by Gasteiger charge is -2.17. The summed E-state index contributed by atoms with van der Waals surface area (Å²) in [6.45, 7) is 3.20. The van der Waals surface area contributed by atoms with Gasteiger partial charge in [0, 0.05) is 17.3 Å². The van der Waals surface area contributed by atoms with Gasteiger partial charge in [-0.3, -0.25) is 9.59 Å². The molecule has 1 rings (SSSR count). The molecule has 17 heavy (non-hydrogen) atoms. The first-order valence-electron chi connectivity index (χ1n) is 5.31. The van der Waals surface area contributed by atoms with Crippen molar-refractivity contribution < 1.29 is 14.7 Å². The van der Waals surface area contributed by atoms with E-state index in [-0.39, 0.29) is 5.91 Å². The van der Waals surface area contributed by atoms with E-state index in [1.807, 2.05) is 0 Å². The summed E-state index contributed by atoms with van der Waals surface area (Å²) in [6.07, 6.45) is 0. The molecule has 0 fully saturated rings. The maximum atomic E-state index is 11.8. The van der Waals surface area contributed by atoms with E-state index in [1.165, 1.54) is 0 Å². The smallest absolute Gasteiger partial charge is 0.308 e. The minimum Gasteiger partial charge on any atom is -0.481 e. The zero-order chi connectivity index (χ0) is 13.0. The molecule has 1 aromatic rings. The Morgan fingerprint density at radius 1 is 1.35 bits per heavy atom. The highest BCUT2D eigenvalue weighted by Gasteiger charge is 2.21. The molecule has 1 aromatic carbocycles. The highest BCUT2D eigenvalue weighted by Crippen LogP contribution is 2.08. The van der Waals surface area contributed by atoms with E-state index < -0.39 is 17.9 Å². The third-order valence-corrected chi connectivity index (χ3v) is 2.65. The Hall–Kier alpha value is -2.04. The maximum absolute atomic E-state index is 11.8. The van der Waals surface area contributed by atoms with Gasteiger partial charge in [0.25, 0.3) is 5.91 Å². The summed E-state index contributed by atoms with van der Waals surface area (Å²) >= 11 is 0. The number of nitrogen functional groups attached to an aromatic ring is 1. The fraction of sp³-hybridized carbons (Fsp3) is 0.333. The molecule has 92 valence electrons. The number of hydrogen-bond acceptors (Lipinski definition) is 3. The van der Waals surface area contributed by atoms with E-state index in [4.69, 9.17) is 10.8 Å². The second-order valence-electron chi connectivity index (χ2n) is 4.01. The van der Waals surface area contributed by atoms with Crippen LogP contribution in [0, 0.1) is 5.92 Å². The number of aliphatic carboxylic acids is 1. The van der Waals surface area contributed by atoms with Crippen LogP contribution in [0.25, 0.3) is 0 Å². The lowest BCUT2D eigenvalue weighted by molar-refractivity contribution is -0.141. The zero-order valence-electron chi connectivity index (χ0n) is 9.81. The minimum atomic E-state index is -0.939. The quantitative estimate of drug-likeness (QED) is 0.683. The summed E-state index contributed by atoms with van der Waals surface area (Å²) in [5, 5.41) is 11.4. The largest absolute Gasteiger partial charge is 0.481 e. The monoisotopic (exact) mass is 236 g/mol. The summed E-state index contributed by atoms with van der Waals surface area (Å²) < 4.78 is 0. The number of carboxylic acid groups (broad SMARTS) is 1. The molecule has 0 heterocycles. The molecule has 1 amide bonds. The van der Waals surface area contributed by atoms with Crippen LogP contribution in [-0.2, 0) is 4.79 Å². The van der Waals surface area contributed by atoms with Crippen molar-refractivity contribution in [2.45, 2.75) is 19.9 Å². The van der Waals surface area contributed by atoms with E-state index in [2.05, 4.69) is 5.32 Å². The molecule has 0 saturated carbocycles. The lowest BCUT2D eigenvalue weighted by Crippen LogP contribution is -2.40. The van der Waals surface area contributed by atoms with Crippen LogP contribution >= 0.6 is 0 Å². The maximum Gasteiger partial charge on any atom is 0.308 e. The van der Waals surface area contributed by atoms with Crippen molar-refractivity contribution in [2.24, 2.45) is 5.92 Å². The van der Waals surface area contributed by atoms with E-state index in [0.717, 1.165) is 0 Å². The number of rotatable bonds is 4. The van der Waals surface area contributed by atoms with E-state index in [9.17, 15) is 9.59 Å². The fourth-order valence-electron chi connectivity index (χ4n) is 1.31. The van der Waals surface area contributed by atoms with Gasteiger partial charge in [-0.05, 0) is 32.0 Å². The van der Waals surface area contributed by atoms with Crippen molar-refractivity contribution in [1.82, 2.24) is 5.32 Å². The van der Waals surface area contributed by atoms with Crippen LogP contribution in [0.3, 0.4) is 0 Å².